The van der Waals surface area contributed by atoms with Gasteiger partial charge in [0, 0.05) is 39.0 Å². The molecule has 1 aliphatic heterocycles. The zero-order valence-corrected chi connectivity index (χ0v) is 28.6. The average Bonchev–Trinajstić information content (AvgIpc) is 3.75. The molecule has 9 aromatic rings. The second-order valence-electron chi connectivity index (χ2n) is 13.9. The predicted molar refractivity (Wildman–Crippen MR) is 214 cm³/mol. The summed E-state index contributed by atoms with van der Waals surface area (Å²) in [6.45, 7) is 4.38. The Labute approximate surface area is 296 Å². The molecule has 1 aliphatic rings. The number of para-hydroxylation sites is 1. The van der Waals surface area contributed by atoms with Crippen LogP contribution in [0.2, 0.25) is 0 Å². The van der Waals surface area contributed by atoms with Gasteiger partial charge in [-0.05, 0) is 76.9 Å². The van der Waals surface area contributed by atoms with E-state index in [0.717, 1.165) is 44.4 Å². The van der Waals surface area contributed by atoms with Crippen molar-refractivity contribution < 1.29 is 4.42 Å². The molecule has 3 heterocycles. The Hall–Kier alpha value is -6.10. The molecule has 2 unspecified atom stereocenters. The number of furan rings is 1. The lowest BCUT2D eigenvalue weighted by atomic mass is 9.92. The number of hydrogen-bond acceptors (Lipinski definition) is 3. The van der Waals surface area contributed by atoms with Crippen molar-refractivity contribution in [1.82, 2.24) is 15.2 Å². The van der Waals surface area contributed by atoms with E-state index in [1.807, 2.05) is 0 Å². The predicted octanol–water partition coefficient (Wildman–Crippen LogP) is 11.8. The Morgan fingerprint density at radius 2 is 1.31 bits per heavy atom. The van der Waals surface area contributed by atoms with Gasteiger partial charge in [0.25, 0.3) is 0 Å². The third kappa shape index (κ3) is 4.71. The van der Waals surface area contributed by atoms with E-state index < -0.39 is 0 Å². The Morgan fingerprint density at radius 1 is 0.608 bits per heavy atom. The number of allylic oxidation sites excluding steroid dienone is 3. The van der Waals surface area contributed by atoms with Crippen molar-refractivity contribution in [2.24, 2.45) is 0 Å². The Morgan fingerprint density at radius 3 is 2.16 bits per heavy atom. The molecule has 0 bridgehead atoms. The fourth-order valence-corrected chi connectivity index (χ4v) is 8.46. The molecule has 0 saturated carbocycles. The third-order valence-corrected chi connectivity index (χ3v) is 10.7. The van der Waals surface area contributed by atoms with Crippen molar-refractivity contribution in [3.8, 4) is 5.69 Å². The van der Waals surface area contributed by atoms with Gasteiger partial charge in [0.1, 0.15) is 5.58 Å². The van der Waals surface area contributed by atoms with E-state index in [1.165, 1.54) is 43.4 Å². The van der Waals surface area contributed by atoms with E-state index >= 15 is 0 Å². The van der Waals surface area contributed by atoms with Gasteiger partial charge < -0.3 is 19.6 Å². The van der Waals surface area contributed by atoms with Crippen LogP contribution in [0.1, 0.15) is 37.1 Å². The maximum absolute atomic E-state index is 6.91. The zero-order chi connectivity index (χ0) is 34.1. The van der Waals surface area contributed by atoms with E-state index in [-0.39, 0.29) is 18.1 Å². The van der Waals surface area contributed by atoms with E-state index in [9.17, 15) is 0 Å². The number of fused-ring (bicyclic) bond motifs is 12. The summed E-state index contributed by atoms with van der Waals surface area (Å²) in [5.41, 5.74) is 8.75. The SMILES string of the molecule is C/C1=C\C=C/[C@H](C)NC(c2cccc(-n3c4ccc5ccccc5c4c4c5ccccc5c5c6ccccc6oc5c43)c2)C(c2ccccc2)N1. The third-order valence-electron chi connectivity index (χ3n) is 10.7. The first-order chi connectivity index (χ1) is 25.1. The molecule has 3 atom stereocenters. The largest absolute Gasteiger partial charge is 0.454 e. The van der Waals surface area contributed by atoms with Crippen molar-refractivity contribution >= 4 is 65.3 Å². The topological polar surface area (TPSA) is 42.1 Å². The molecule has 4 heteroatoms. The molecular formula is C47H37N3O. The number of benzene rings is 7. The number of rotatable bonds is 3. The molecule has 0 radical (unpaired) electrons. The van der Waals surface area contributed by atoms with Crippen LogP contribution < -0.4 is 10.6 Å². The minimum atomic E-state index is -0.0191. The van der Waals surface area contributed by atoms with Crippen molar-refractivity contribution in [2.45, 2.75) is 32.0 Å². The Kier molecular flexibility index (Phi) is 6.87. The van der Waals surface area contributed by atoms with Gasteiger partial charge in [-0.2, -0.15) is 0 Å². The average molecular weight is 660 g/mol. The number of hydrogen-bond donors (Lipinski definition) is 2. The summed E-state index contributed by atoms with van der Waals surface area (Å²) < 4.78 is 9.36. The van der Waals surface area contributed by atoms with Gasteiger partial charge >= 0.3 is 0 Å². The molecule has 0 fully saturated rings. The fourth-order valence-electron chi connectivity index (χ4n) is 8.46. The summed E-state index contributed by atoms with van der Waals surface area (Å²) >= 11 is 0. The number of nitrogens with one attached hydrogen (secondary N) is 2. The molecule has 0 aliphatic carbocycles. The van der Waals surface area contributed by atoms with Crippen LogP contribution in [-0.4, -0.2) is 10.6 Å². The van der Waals surface area contributed by atoms with Crippen LogP contribution >= 0.6 is 0 Å². The van der Waals surface area contributed by atoms with E-state index in [4.69, 9.17) is 4.42 Å². The van der Waals surface area contributed by atoms with Crippen LogP contribution in [0.4, 0.5) is 0 Å². The summed E-state index contributed by atoms with van der Waals surface area (Å²) in [5.74, 6) is 0. The highest BCUT2D eigenvalue weighted by Crippen LogP contribution is 2.47. The smallest absolute Gasteiger partial charge is 0.160 e. The van der Waals surface area contributed by atoms with Gasteiger partial charge in [0.05, 0.1) is 23.1 Å². The molecular weight excluding hydrogens is 623 g/mol. The standard InChI is InChI=1S/C47H37N3O/c1-29-14-12-15-30(2)49-45(44(48-29)32-17-4-3-5-18-32)33-19-13-20-34(28-33)50-39-27-26-31-16-6-7-21-35(31)42(39)43-37-23-9-8-22-36(37)41-38-24-10-11-25-40(38)51-47(41)46(43)50/h3-28,30,44-45,48-49H,1-2H3/b15-12-,29-14+/t30-,44?,45?/m0/s1. The molecule has 246 valence electrons. The molecule has 2 aromatic heterocycles. The second-order valence-corrected chi connectivity index (χ2v) is 13.9. The molecule has 0 spiro atoms. The first-order valence-electron chi connectivity index (χ1n) is 17.8. The van der Waals surface area contributed by atoms with Crippen molar-refractivity contribution in [2.75, 3.05) is 0 Å². The van der Waals surface area contributed by atoms with Crippen LogP contribution in [0.5, 0.6) is 0 Å². The maximum Gasteiger partial charge on any atom is 0.160 e. The van der Waals surface area contributed by atoms with Crippen molar-refractivity contribution in [1.29, 1.82) is 0 Å². The van der Waals surface area contributed by atoms with Crippen LogP contribution in [0.25, 0.3) is 71.0 Å². The summed E-state index contributed by atoms with van der Waals surface area (Å²) in [4.78, 5) is 0. The van der Waals surface area contributed by atoms with Gasteiger partial charge in [-0.15, -0.1) is 0 Å². The molecule has 10 rings (SSSR count). The summed E-state index contributed by atoms with van der Waals surface area (Å²) in [5, 5.41) is 17.5. The lowest BCUT2D eigenvalue weighted by Crippen LogP contribution is -2.38. The first-order valence-corrected chi connectivity index (χ1v) is 17.8. The lowest BCUT2D eigenvalue weighted by Gasteiger charge is -2.32. The highest BCUT2D eigenvalue weighted by molar-refractivity contribution is 6.37. The van der Waals surface area contributed by atoms with E-state index in [1.54, 1.807) is 0 Å². The van der Waals surface area contributed by atoms with Crippen LogP contribution in [0.15, 0.2) is 168 Å². The van der Waals surface area contributed by atoms with Crippen molar-refractivity contribution in [3.05, 3.63) is 175 Å². The van der Waals surface area contributed by atoms with Gasteiger partial charge in [-0.3, -0.25) is 0 Å². The number of nitrogens with zero attached hydrogens (tertiary/aromatic N) is 1. The molecule has 51 heavy (non-hydrogen) atoms. The second kappa shape index (κ2) is 11.8. The van der Waals surface area contributed by atoms with Crippen LogP contribution in [0, 0.1) is 0 Å². The van der Waals surface area contributed by atoms with Gasteiger partial charge in [-0.1, -0.05) is 127 Å². The van der Waals surface area contributed by atoms with Crippen LogP contribution in [0.3, 0.4) is 0 Å². The summed E-state index contributed by atoms with van der Waals surface area (Å²) in [6, 6.07) is 50.6. The van der Waals surface area contributed by atoms with E-state index in [0.29, 0.717) is 0 Å². The molecule has 7 aromatic carbocycles. The zero-order valence-electron chi connectivity index (χ0n) is 28.6. The van der Waals surface area contributed by atoms with Gasteiger partial charge in [0.2, 0.25) is 0 Å². The van der Waals surface area contributed by atoms with E-state index in [2.05, 4.69) is 187 Å². The normalized spacial score (nSPS) is 20.0. The monoisotopic (exact) mass is 659 g/mol. The quantitative estimate of drug-likeness (QED) is 0.198. The van der Waals surface area contributed by atoms with Crippen molar-refractivity contribution in [3.63, 3.8) is 0 Å². The Balaban J connectivity index is 1.31. The molecule has 4 nitrogen and oxygen atoms in total. The van der Waals surface area contributed by atoms with Crippen LogP contribution in [-0.2, 0) is 0 Å². The summed E-state index contributed by atoms with van der Waals surface area (Å²) in [7, 11) is 0. The fraction of sp³-hybridized carbons (Fsp3) is 0.106. The molecule has 2 N–H and O–H groups in total. The van der Waals surface area contributed by atoms with Gasteiger partial charge in [-0.25, -0.2) is 0 Å². The highest BCUT2D eigenvalue weighted by atomic mass is 16.3. The lowest BCUT2D eigenvalue weighted by molar-refractivity contribution is 0.394. The highest BCUT2D eigenvalue weighted by Gasteiger charge is 2.28. The van der Waals surface area contributed by atoms with Gasteiger partial charge in [0.15, 0.2) is 5.58 Å². The molecule has 0 amide bonds. The minimum absolute atomic E-state index is 0.00756. The molecule has 0 saturated heterocycles. The minimum Gasteiger partial charge on any atom is -0.454 e. The Bertz CT molecular complexity index is 2860. The first kappa shape index (κ1) is 29.8. The maximum atomic E-state index is 6.91. The number of aromatic nitrogens is 1. The summed E-state index contributed by atoms with van der Waals surface area (Å²) in [6.07, 6.45) is 6.54.